The molecular weight excluding hydrogens is 189 g/mol. The molecule has 1 aliphatic rings. The van der Waals surface area contributed by atoms with Gasteiger partial charge in [0.05, 0.1) is 0 Å². The molecule has 0 amide bonds. The molecular formula is C13H18FN. The van der Waals surface area contributed by atoms with Gasteiger partial charge in [-0.2, -0.15) is 0 Å². The highest BCUT2D eigenvalue weighted by Gasteiger charge is 2.32. The average molecular weight is 207 g/mol. The van der Waals surface area contributed by atoms with Gasteiger partial charge < -0.3 is 5.32 Å². The summed E-state index contributed by atoms with van der Waals surface area (Å²) in [6.45, 7) is 4.30. The summed E-state index contributed by atoms with van der Waals surface area (Å²) in [5, 5.41) is 3.56. The molecule has 82 valence electrons. The van der Waals surface area contributed by atoms with E-state index in [0.717, 1.165) is 5.92 Å². The molecule has 15 heavy (non-hydrogen) atoms. The summed E-state index contributed by atoms with van der Waals surface area (Å²) in [6, 6.07) is 7.77. The van der Waals surface area contributed by atoms with Crippen LogP contribution in [0.2, 0.25) is 0 Å². The van der Waals surface area contributed by atoms with Gasteiger partial charge in [-0.05, 0) is 36.5 Å². The van der Waals surface area contributed by atoms with Crippen LogP contribution in [0.5, 0.6) is 0 Å². The first kappa shape index (κ1) is 10.6. The van der Waals surface area contributed by atoms with Crippen molar-refractivity contribution in [1.29, 1.82) is 0 Å². The molecule has 1 N–H and O–H groups in total. The van der Waals surface area contributed by atoms with Crippen molar-refractivity contribution in [2.45, 2.75) is 38.8 Å². The van der Waals surface area contributed by atoms with Crippen LogP contribution in [0, 0.1) is 11.7 Å². The molecule has 0 aromatic heterocycles. The maximum Gasteiger partial charge on any atom is 0.123 e. The summed E-state index contributed by atoms with van der Waals surface area (Å²) in [5.41, 5.74) is 1.22. The Kier molecular flexibility index (Phi) is 3.06. The van der Waals surface area contributed by atoms with Gasteiger partial charge in [0.25, 0.3) is 0 Å². The second-order valence-electron chi connectivity index (χ2n) is 4.69. The number of rotatable bonds is 4. The fourth-order valence-corrected chi connectivity index (χ4v) is 1.96. The van der Waals surface area contributed by atoms with Gasteiger partial charge in [-0.3, -0.25) is 0 Å². The minimum Gasteiger partial charge on any atom is -0.307 e. The van der Waals surface area contributed by atoms with E-state index in [2.05, 4.69) is 19.2 Å². The Morgan fingerprint density at radius 2 is 1.80 bits per heavy atom. The van der Waals surface area contributed by atoms with Crippen LogP contribution in [0.3, 0.4) is 0 Å². The van der Waals surface area contributed by atoms with Crippen molar-refractivity contribution in [3.8, 4) is 0 Å². The van der Waals surface area contributed by atoms with E-state index < -0.39 is 0 Å². The van der Waals surface area contributed by atoms with E-state index >= 15 is 0 Å². The van der Waals surface area contributed by atoms with Crippen LogP contribution in [0.1, 0.15) is 38.3 Å². The first-order valence-electron chi connectivity index (χ1n) is 5.68. The maximum absolute atomic E-state index is 12.8. The highest BCUT2D eigenvalue weighted by molar-refractivity contribution is 5.22. The molecule has 1 atom stereocenters. The number of hydrogen-bond acceptors (Lipinski definition) is 1. The van der Waals surface area contributed by atoms with Crippen molar-refractivity contribution in [3.05, 3.63) is 35.6 Å². The molecule has 2 rings (SSSR count). The van der Waals surface area contributed by atoms with Gasteiger partial charge in [0.1, 0.15) is 5.82 Å². The van der Waals surface area contributed by atoms with Crippen LogP contribution in [0.25, 0.3) is 0 Å². The second kappa shape index (κ2) is 4.31. The van der Waals surface area contributed by atoms with Crippen molar-refractivity contribution >= 4 is 0 Å². The smallest absolute Gasteiger partial charge is 0.123 e. The normalized spacial score (nSPS) is 18.1. The third-order valence-electron chi connectivity index (χ3n) is 2.84. The molecule has 0 saturated heterocycles. The third-order valence-corrected chi connectivity index (χ3v) is 2.84. The summed E-state index contributed by atoms with van der Waals surface area (Å²) in [5.74, 6) is 0.593. The number of halogens is 1. The van der Waals surface area contributed by atoms with E-state index in [1.165, 1.54) is 18.4 Å². The summed E-state index contributed by atoms with van der Waals surface area (Å²) < 4.78 is 12.8. The molecule has 0 spiro atoms. The Morgan fingerprint density at radius 1 is 1.20 bits per heavy atom. The van der Waals surface area contributed by atoms with Crippen molar-refractivity contribution in [1.82, 2.24) is 5.32 Å². The quantitative estimate of drug-likeness (QED) is 0.799. The van der Waals surface area contributed by atoms with E-state index in [0.29, 0.717) is 12.1 Å². The van der Waals surface area contributed by atoms with Gasteiger partial charge >= 0.3 is 0 Å². The zero-order chi connectivity index (χ0) is 10.8. The van der Waals surface area contributed by atoms with Gasteiger partial charge in [0.15, 0.2) is 0 Å². The largest absolute Gasteiger partial charge is 0.307 e. The number of benzene rings is 1. The second-order valence-corrected chi connectivity index (χ2v) is 4.69. The van der Waals surface area contributed by atoms with E-state index in [-0.39, 0.29) is 5.82 Å². The third kappa shape index (κ3) is 2.78. The Bertz CT molecular complexity index is 314. The van der Waals surface area contributed by atoms with E-state index in [1.54, 1.807) is 12.1 Å². The lowest BCUT2D eigenvalue weighted by atomic mass is 10.0. The Morgan fingerprint density at radius 3 is 2.27 bits per heavy atom. The molecule has 0 radical (unpaired) electrons. The summed E-state index contributed by atoms with van der Waals surface area (Å²) >= 11 is 0. The highest BCUT2D eigenvalue weighted by Crippen LogP contribution is 2.41. The van der Waals surface area contributed by atoms with Crippen LogP contribution < -0.4 is 5.32 Å². The molecule has 1 aromatic rings. The highest BCUT2D eigenvalue weighted by atomic mass is 19.1. The van der Waals surface area contributed by atoms with Crippen LogP contribution >= 0.6 is 0 Å². The maximum atomic E-state index is 12.8. The van der Waals surface area contributed by atoms with Gasteiger partial charge in [-0.15, -0.1) is 0 Å². The monoisotopic (exact) mass is 207 g/mol. The first-order chi connectivity index (χ1) is 7.16. The van der Waals surface area contributed by atoms with Crippen molar-refractivity contribution in [2.75, 3.05) is 0 Å². The lowest BCUT2D eigenvalue weighted by molar-refractivity contribution is 0.436. The zero-order valence-corrected chi connectivity index (χ0v) is 9.33. The molecule has 0 heterocycles. The lowest BCUT2D eigenvalue weighted by Crippen LogP contribution is -2.29. The molecule has 1 aliphatic carbocycles. The lowest BCUT2D eigenvalue weighted by Gasteiger charge is -2.21. The summed E-state index contributed by atoms with van der Waals surface area (Å²) in [6.07, 6.45) is 2.59. The Balaban J connectivity index is 2.13. The fourth-order valence-electron chi connectivity index (χ4n) is 1.96. The van der Waals surface area contributed by atoms with E-state index in [9.17, 15) is 4.39 Å². The predicted octanol–water partition coefficient (Wildman–Crippen LogP) is 3.27. The van der Waals surface area contributed by atoms with Crippen LogP contribution in [-0.4, -0.2) is 6.04 Å². The SMILES string of the molecule is CC(C)NC(c1ccc(F)cc1)C1CC1. The summed E-state index contributed by atoms with van der Waals surface area (Å²) in [7, 11) is 0. The van der Waals surface area contributed by atoms with Crippen LogP contribution in [0.4, 0.5) is 4.39 Å². The molecule has 1 nitrogen and oxygen atoms in total. The zero-order valence-electron chi connectivity index (χ0n) is 9.33. The van der Waals surface area contributed by atoms with Gasteiger partial charge in [-0.1, -0.05) is 26.0 Å². The topological polar surface area (TPSA) is 12.0 Å². The Hall–Kier alpha value is -0.890. The standard InChI is InChI=1S/C13H18FN/c1-9(2)15-13(10-3-4-10)11-5-7-12(14)8-6-11/h5-10,13,15H,3-4H2,1-2H3. The molecule has 2 heteroatoms. The number of nitrogens with one attached hydrogen (secondary N) is 1. The minimum absolute atomic E-state index is 0.155. The van der Waals surface area contributed by atoms with Crippen molar-refractivity contribution in [2.24, 2.45) is 5.92 Å². The number of hydrogen-bond donors (Lipinski definition) is 1. The minimum atomic E-state index is -0.155. The fraction of sp³-hybridized carbons (Fsp3) is 0.538. The average Bonchev–Trinajstić information content (AvgIpc) is 2.99. The predicted molar refractivity (Wildman–Crippen MR) is 60.1 cm³/mol. The Labute approximate surface area is 90.7 Å². The summed E-state index contributed by atoms with van der Waals surface area (Å²) in [4.78, 5) is 0. The molecule has 1 aromatic carbocycles. The molecule has 1 saturated carbocycles. The van der Waals surface area contributed by atoms with Gasteiger partial charge in [-0.25, -0.2) is 4.39 Å². The van der Waals surface area contributed by atoms with Crippen molar-refractivity contribution < 1.29 is 4.39 Å². The molecule has 0 bridgehead atoms. The first-order valence-corrected chi connectivity index (χ1v) is 5.68. The molecule has 1 unspecified atom stereocenters. The van der Waals surface area contributed by atoms with Crippen LogP contribution in [-0.2, 0) is 0 Å². The van der Waals surface area contributed by atoms with Crippen LogP contribution in [0.15, 0.2) is 24.3 Å². The van der Waals surface area contributed by atoms with Gasteiger partial charge in [0, 0.05) is 12.1 Å². The molecule has 1 fully saturated rings. The molecule has 0 aliphatic heterocycles. The van der Waals surface area contributed by atoms with E-state index in [1.807, 2.05) is 12.1 Å². The van der Waals surface area contributed by atoms with Gasteiger partial charge in [0.2, 0.25) is 0 Å². The van der Waals surface area contributed by atoms with E-state index in [4.69, 9.17) is 0 Å². The van der Waals surface area contributed by atoms with Crippen molar-refractivity contribution in [3.63, 3.8) is 0 Å².